The van der Waals surface area contributed by atoms with E-state index in [0.29, 0.717) is 17.9 Å². The van der Waals surface area contributed by atoms with Crippen molar-refractivity contribution in [3.63, 3.8) is 0 Å². The average Bonchev–Trinajstić information content (AvgIpc) is 3.48. The van der Waals surface area contributed by atoms with Crippen LogP contribution < -0.4 is 15.4 Å². The number of hydrogen-bond acceptors (Lipinski definition) is 6. The van der Waals surface area contributed by atoms with Crippen LogP contribution >= 0.6 is 0 Å². The molecule has 0 aliphatic carbocycles. The summed E-state index contributed by atoms with van der Waals surface area (Å²) in [6.45, 7) is 5.68. The van der Waals surface area contributed by atoms with Gasteiger partial charge in [-0.25, -0.2) is 0 Å². The molecule has 0 spiro atoms. The number of nitrogens with two attached hydrogens (primary N) is 1. The predicted octanol–water partition coefficient (Wildman–Crippen LogP) is 4.13. The van der Waals surface area contributed by atoms with Crippen LogP contribution in [0.2, 0.25) is 0 Å². The Morgan fingerprint density at radius 2 is 1.64 bits per heavy atom. The zero-order valence-electron chi connectivity index (χ0n) is 24.7. The molecule has 2 aromatic heterocycles. The van der Waals surface area contributed by atoms with Crippen LogP contribution in [-0.2, 0) is 15.1 Å². The number of aromatic hydroxyl groups is 1. The Morgan fingerprint density at radius 1 is 0.956 bits per heavy atom. The minimum Gasteiger partial charge on any atom is -0.366 e. The molecule has 0 fully saturated rings. The number of phenols is 1. The van der Waals surface area contributed by atoms with Gasteiger partial charge in [-0.2, -0.15) is 0 Å². The second-order valence-electron chi connectivity index (χ2n) is 10.5. The summed E-state index contributed by atoms with van der Waals surface area (Å²) < 4.78 is 36.3. The van der Waals surface area contributed by atoms with Crippen molar-refractivity contribution >= 4 is 57.8 Å². The second kappa shape index (κ2) is 12.5. The fourth-order valence-electron chi connectivity index (χ4n) is 5.47. The molecule has 0 atom stereocenters. The van der Waals surface area contributed by atoms with Crippen LogP contribution in [0.15, 0.2) is 89.5 Å². The van der Waals surface area contributed by atoms with E-state index in [2.05, 4.69) is 39.3 Å². The molecule has 45 heavy (non-hydrogen) atoms. The maximum atomic E-state index is 12.5. The van der Waals surface area contributed by atoms with E-state index in [1.165, 1.54) is 24.6 Å². The maximum absolute atomic E-state index is 12.5. The zero-order valence-corrected chi connectivity index (χ0v) is 26.6. The molecule has 230 valence electrons. The summed E-state index contributed by atoms with van der Waals surface area (Å²) in [6, 6.07) is 26.2. The van der Waals surface area contributed by atoms with Gasteiger partial charge >= 0.3 is 88.1 Å². The topological polar surface area (TPSA) is 181 Å². The van der Waals surface area contributed by atoms with Crippen molar-refractivity contribution < 1.29 is 31.1 Å². The van der Waals surface area contributed by atoms with Crippen molar-refractivity contribution in [2.45, 2.75) is 27.3 Å². The normalized spacial score (nSPS) is 11.3. The van der Waals surface area contributed by atoms with Crippen LogP contribution in [0.4, 0.5) is 5.69 Å². The monoisotopic (exact) mass is 670 g/mol. The van der Waals surface area contributed by atoms with Gasteiger partial charge in [0.1, 0.15) is 5.76 Å². The predicted molar refractivity (Wildman–Crippen MR) is 171 cm³/mol. The molecule has 0 unspecified atom stereocenters. The zero-order chi connectivity index (χ0) is 32.5. The molecule has 4 aromatic carbocycles. The van der Waals surface area contributed by atoms with E-state index < -0.39 is 36.1 Å². The van der Waals surface area contributed by atoms with Crippen LogP contribution in [0.5, 0.6) is 5.75 Å². The molecule has 12 heteroatoms. The Labute approximate surface area is 260 Å². The number of carbonyl (C=O) groups is 2. The number of fused-ring (bicyclic) bond motifs is 3. The molecule has 6 N–H and O–H groups in total. The summed E-state index contributed by atoms with van der Waals surface area (Å²) in [4.78, 5) is 23.3. The number of nitrogens with zero attached hydrogens (tertiary/aromatic N) is 2. The van der Waals surface area contributed by atoms with Crippen molar-refractivity contribution in [1.82, 2.24) is 9.72 Å². The number of aromatic nitrogens is 2. The van der Waals surface area contributed by atoms with Crippen LogP contribution in [0, 0.1) is 13.8 Å². The van der Waals surface area contributed by atoms with Gasteiger partial charge < -0.3 is 14.8 Å². The SMILES string of the molecule is CC(=O)Nc1cccc(O)c1[As](=O)(O)O.Cc1noc(C)c1-c1cc(C(N)=O)c2c3ccccc3n(Cc3ccccc3)c2c1. The van der Waals surface area contributed by atoms with Crippen molar-refractivity contribution in [1.29, 1.82) is 0 Å². The number of benzene rings is 4. The van der Waals surface area contributed by atoms with Crippen LogP contribution in [0.3, 0.4) is 0 Å². The standard InChI is InChI=1S/C25H21N3O2.C8H10AsNO5/c1-15-23(16(2)30-27-15)18-12-20(25(26)29)24-19-10-6-7-11-21(19)28(22(24)13-18)14-17-8-4-3-5-9-17;1-5(11)10-6-3-2-4-7(12)8(6)9(13,14)15/h3-13H,14H2,1-2H3,(H2,26,29);2-4,12H,1H3,(H,10,11)(H2,13,14,15). The average molecular weight is 671 g/mol. The largest absolute Gasteiger partial charge is 0.366 e. The Hall–Kier alpha value is -5.09. The molecule has 11 nitrogen and oxygen atoms in total. The first-order valence-corrected chi connectivity index (χ1v) is 17.2. The van der Waals surface area contributed by atoms with E-state index in [9.17, 15) is 18.4 Å². The quantitative estimate of drug-likeness (QED) is 0.164. The van der Waals surface area contributed by atoms with Gasteiger partial charge in [0.25, 0.3) is 0 Å². The van der Waals surface area contributed by atoms with Crippen LogP contribution in [0.25, 0.3) is 32.9 Å². The van der Waals surface area contributed by atoms with Crippen molar-refractivity contribution in [2.24, 2.45) is 5.73 Å². The van der Waals surface area contributed by atoms with E-state index in [4.69, 9.17) is 18.4 Å². The third-order valence-electron chi connectivity index (χ3n) is 7.26. The molecule has 2 heterocycles. The van der Waals surface area contributed by atoms with E-state index in [1.54, 1.807) is 0 Å². The summed E-state index contributed by atoms with van der Waals surface area (Å²) in [6.07, 6.45) is 0. The summed E-state index contributed by atoms with van der Waals surface area (Å²) >= 11 is -5.25. The molecule has 0 saturated carbocycles. The van der Waals surface area contributed by atoms with Gasteiger partial charge in [-0.15, -0.1) is 0 Å². The minimum atomic E-state index is -5.25. The third kappa shape index (κ3) is 6.41. The van der Waals surface area contributed by atoms with E-state index in [1.807, 2.05) is 56.3 Å². The third-order valence-corrected chi connectivity index (χ3v) is 9.47. The Balaban J connectivity index is 0.000000226. The Bertz CT molecular complexity index is 2090. The van der Waals surface area contributed by atoms with Gasteiger partial charge in [0.05, 0.1) is 11.2 Å². The molecule has 0 radical (unpaired) electrons. The number of hydrogen-bond donors (Lipinski definition) is 5. The van der Waals surface area contributed by atoms with E-state index >= 15 is 0 Å². The van der Waals surface area contributed by atoms with Gasteiger partial charge in [0.2, 0.25) is 5.91 Å². The fourth-order valence-corrected chi connectivity index (χ4v) is 7.19. The number of nitrogens with one attached hydrogen (secondary N) is 1. The van der Waals surface area contributed by atoms with Crippen LogP contribution in [0.1, 0.15) is 34.3 Å². The first kappa shape index (κ1) is 31.3. The first-order valence-electron chi connectivity index (χ1n) is 13.8. The summed E-state index contributed by atoms with van der Waals surface area (Å²) in [5, 5.41) is 17.5. The molecular weight excluding hydrogens is 639 g/mol. The number of para-hydroxylation sites is 1. The summed E-state index contributed by atoms with van der Waals surface area (Å²) in [5.74, 6) is -0.719. The van der Waals surface area contributed by atoms with Crippen molar-refractivity contribution in [3.8, 4) is 16.9 Å². The van der Waals surface area contributed by atoms with Gasteiger partial charge in [-0.1, -0.05) is 53.7 Å². The number of aryl methyl sites for hydroxylation is 2. The molecule has 0 bridgehead atoms. The van der Waals surface area contributed by atoms with Crippen LogP contribution in [-0.4, -0.2) is 49.0 Å². The number of phenolic OH excluding ortho intramolecular Hbond substituents is 1. The minimum absolute atomic E-state index is 0.0602. The number of rotatable bonds is 6. The van der Waals surface area contributed by atoms with E-state index in [0.717, 1.165) is 44.7 Å². The van der Waals surface area contributed by atoms with Gasteiger partial charge in [-0.05, 0) is 43.2 Å². The smallest absolute Gasteiger partial charge is 0.249 e. The van der Waals surface area contributed by atoms with Crippen molar-refractivity contribution in [3.05, 3.63) is 108 Å². The van der Waals surface area contributed by atoms with Gasteiger partial charge in [-0.3, -0.25) is 4.79 Å². The molecular formula is C33H31AsN4O7. The number of amides is 2. The molecule has 0 aliphatic heterocycles. The molecule has 2 amide bonds. The summed E-state index contributed by atoms with van der Waals surface area (Å²) in [7, 11) is 0. The number of anilines is 1. The fraction of sp³-hybridized carbons (Fsp3) is 0.121. The van der Waals surface area contributed by atoms with E-state index in [-0.39, 0.29) is 5.69 Å². The molecule has 0 saturated heterocycles. The summed E-state index contributed by atoms with van der Waals surface area (Å²) in [5.41, 5.74) is 12.1. The molecule has 6 rings (SSSR count). The Morgan fingerprint density at radius 3 is 2.27 bits per heavy atom. The second-order valence-corrected chi connectivity index (χ2v) is 13.7. The maximum Gasteiger partial charge on any atom is 0.249 e. The Kier molecular flexibility index (Phi) is 8.70. The first-order chi connectivity index (χ1) is 21.4. The van der Waals surface area contributed by atoms with Gasteiger partial charge in [0, 0.05) is 34.0 Å². The molecule has 6 aromatic rings. The van der Waals surface area contributed by atoms with Gasteiger partial charge in [0.15, 0.2) is 0 Å². The van der Waals surface area contributed by atoms with Crippen molar-refractivity contribution in [2.75, 3.05) is 5.32 Å². The molecule has 0 aliphatic rings. The number of primary amides is 1. The number of carbonyl (C=O) groups excluding carboxylic acids is 2.